The van der Waals surface area contributed by atoms with Gasteiger partial charge in [-0.1, -0.05) is 26.7 Å². The van der Waals surface area contributed by atoms with Crippen molar-refractivity contribution in [1.82, 2.24) is 0 Å². The molecule has 0 fully saturated rings. The molecule has 0 aromatic carbocycles. The van der Waals surface area contributed by atoms with Gasteiger partial charge in [-0.3, -0.25) is 0 Å². The number of unbranched alkanes of at least 4 members (excludes halogenated alkanes) is 2. The fraction of sp³-hybridized carbons (Fsp3) is 0.800. The van der Waals surface area contributed by atoms with E-state index in [-0.39, 0.29) is 29.9 Å². The van der Waals surface area contributed by atoms with E-state index in [2.05, 4.69) is 0 Å². The fourth-order valence-electron chi connectivity index (χ4n) is 0.642. The zero-order chi connectivity index (χ0) is 11.4. The van der Waals surface area contributed by atoms with Gasteiger partial charge in [-0.05, 0) is 25.7 Å². The van der Waals surface area contributed by atoms with Crippen LogP contribution in [0, 0.1) is 0 Å². The van der Waals surface area contributed by atoms with Crippen LogP contribution in [0.3, 0.4) is 0 Å². The van der Waals surface area contributed by atoms with Gasteiger partial charge in [0.1, 0.15) is 0 Å². The zero-order valence-corrected chi connectivity index (χ0v) is 10.4. The number of hydrogen-bond acceptors (Lipinski definition) is 4. The molecule has 0 aromatic heterocycles. The topological polar surface area (TPSA) is 80.3 Å². The zero-order valence-electron chi connectivity index (χ0n) is 9.25. The van der Waals surface area contributed by atoms with Crippen LogP contribution in [0.15, 0.2) is 0 Å². The van der Waals surface area contributed by atoms with Crippen molar-refractivity contribution < 1.29 is 36.9 Å². The van der Waals surface area contributed by atoms with Crippen molar-refractivity contribution in [3.8, 4) is 0 Å². The molecule has 0 aliphatic carbocycles. The van der Waals surface area contributed by atoms with E-state index >= 15 is 0 Å². The summed E-state index contributed by atoms with van der Waals surface area (Å²) in [6.45, 7) is 3.89. The van der Waals surface area contributed by atoms with Crippen LogP contribution in [0.2, 0.25) is 0 Å². The second-order valence-corrected chi connectivity index (χ2v) is 2.95. The molecule has 0 N–H and O–H groups in total. The predicted octanol–water partition coefficient (Wildman–Crippen LogP) is -0.149. The molecule has 0 amide bonds. The van der Waals surface area contributed by atoms with Gasteiger partial charge in [-0.25, -0.2) is 0 Å². The summed E-state index contributed by atoms with van der Waals surface area (Å²) in [5.41, 5.74) is 0. The van der Waals surface area contributed by atoms with Crippen molar-refractivity contribution in [2.75, 3.05) is 0 Å². The third-order valence-electron chi connectivity index (χ3n) is 1.47. The van der Waals surface area contributed by atoms with E-state index < -0.39 is 11.9 Å². The summed E-state index contributed by atoms with van der Waals surface area (Å²) in [5, 5.41) is 19.3. The average molecular weight is 257 g/mol. The summed E-state index contributed by atoms with van der Waals surface area (Å²) in [5.74, 6) is -1.89. The smallest absolute Gasteiger partial charge is 0.550 e. The molecule has 1 radical (unpaired) electrons. The Morgan fingerprint density at radius 1 is 0.867 bits per heavy atom. The van der Waals surface area contributed by atoms with E-state index in [4.69, 9.17) is 0 Å². The average Bonchev–Trinajstić information content (AvgIpc) is 2.12. The molecule has 0 spiro atoms. The van der Waals surface area contributed by atoms with Crippen molar-refractivity contribution in [2.45, 2.75) is 52.4 Å². The molecule has 0 aliphatic heterocycles. The molecule has 0 aromatic rings. The van der Waals surface area contributed by atoms with Gasteiger partial charge in [0, 0.05) is 11.9 Å². The maximum atomic E-state index is 9.65. The molecule has 0 aliphatic rings. The van der Waals surface area contributed by atoms with Gasteiger partial charge in [0.25, 0.3) is 0 Å². The molecule has 0 saturated heterocycles. The second kappa shape index (κ2) is 15.9. The van der Waals surface area contributed by atoms with Crippen molar-refractivity contribution in [2.24, 2.45) is 0 Å². The van der Waals surface area contributed by atoms with Crippen LogP contribution in [0.25, 0.3) is 0 Å². The molecule has 0 rings (SSSR count). The number of carboxylic acids is 2. The Bertz CT molecular complexity index is 142. The molecule has 0 saturated carbocycles. The monoisotopic (exact) mass is 257 g/mol. The number of carbonyl (C=O) groups excluding carboxylic acids is 2. The minimum absolute atomic E-state index is 0. The molecule has 89 valence electrons. The van der Waals surface area contributed by atoms with Crippen LogP contribution in [-0.4, -0.2) is 11.9 Å². The van der Waals surface area contributed by atoms with Gasteiger partial charge in [-0.2, -0.15) is 0 Å². The molecule has 0 unspecified atom stereocenters. The Morgan fingerprint density at radius 3 is 1.20 bits per heavy atom. The van der Waals surface area contributed by atoms with Crippen LogP contribution < -0.4 is 10.2 Å². The summed E-state index contributed by atoms with van der Waals surface area (Å²) in [6.07, 6.45) is 3.74. The first-order chi connectivity index (χ1) is 6.54. The summed E-state index contributed by atoms with van der Waals surface area (Å²) in [4.78, 5) is 19.3. The van der Waals surface area contributed by atoms with Gasteiger partial charge in [-0.15, -0.1) is 0 Å². The van der Waals surface area contributed by atoms with E-state index in [1.165, 1.54) is 0 Å². The Balaban J connectivity index is -0.000000180. The molecule has 4 nitrogen and oxygen atoms in total. The third-order valence-corrected chi connectivity index (χ3v) is 1.47. The van der Waals surface area contributed by atoms with Crippen molar-refractivity contribution in [3.05, 3.63) is 0 Å². The van der Waals surface area contributed by atoms with Crippen LogP contribution in [0.5, 0.6) is 0 Å². The molecular formula is C10H18MnO4. The Hall–Kier alpha value is -0.541. The number of aliphatic carboxylic acids is 2. The standard InChI is InChI=1S/2C5H10O2.Mn/c2*1-2-3-4-5(6)7;/h2*2-4H2,1H3,(H,6,7);/q;;+2/p-2. The third kappa shape index (κ3) is 31.8. The molecule has 5 heteroatoms. The summed E-state index contributed by atoms with van der Waals surface area (Å²) in [7, 11) is 0. The van der Waals surface area contributed by atoms with E-state index in [1.54, 1.807) is 0 Å². The summed E-state index contributed by atoms with van der Waals surface area (Å²) < 4.78 is 0. The van der Waals surface area contributed by atoms with Gasteiger partial charge in [0.15, 0.2) is 0 Å². The van der Waals surface area contributed by atoms with Crippen molar-refractivity contribution >= 4 is 11.9 Å². The van der Waals surface area contributed by atoms with Crippen molar-refractivity contribution in [3.63, 3.8) is 0 Å². The van der Waals surface area contributed by atoms with Gasteiger partial charge in [0.2, 0.25) is 0 Å². The van der Waals surface area contributed by atoms with E-state index in [0.29, 0.717) is 0 Å². The van der Waals surface area contributed by atoms with E-state index in [1.807, 2.05) is 13.8 Å². The largest absolute Gasteiger partial charge is 2.00 e. The second-order valence-electron chi connectivity index (χ2n) is 2.95. The minimum atomic E-state index is -0.943. The van der Waals surface area contributed by atoms with Crippen LogP contribution >= 0.6 is 0 Å². The van der Waals surface area contributed by atoms with Crippen molar-refractivity contribution in [1.29, 1.82) is 0 Å². The molecular weight excluding hydrogens is 239 g/mol. The van der Waals surface area contributed by atoms with Gasteiger partial charge < -0.3 is 19.8 Å². The number of carbonyl (C=O) groups is 2. The van der Waals surface area contributed by atoms with E-state index in [9.17, 15) is 19.8 Å². The summed E-state index contributed by atoms with van der Waals surface area (Å²) in [6, 6.07) is 0. The first-order valence-corrected chi connectivity index (χ1v) is 4.94. The van der Waals surface area contributed by atoms with E-state index in [0.717, 1.165) is 25.7 Å². The Morgan fingerprint density at radius 2 is 1.13 bits per heavy atom. The number of hydrogen-bond donors (Lipinski definition) is 0. The predicted molar refractivity (Wildman–Crippen MR) is 49.1 cm³/mol. The van der Waals surface area contributed by atoms with Gasteiger partial charge >= 0.3 is 17.1 Å². The normalized spacial score (nSPS) is 8.13. The first-order valence-electron chi connectivity index (χ1n) is 4.94. The Kier molecular flexibility index (Phi) is 21.2. The molecule has 0 atom stereocenters. The molecule has 0 heterocycles. The first kappa shape index (κ1) is 19.9. The quantitative estimate of drug-likeness (QED) is 0.620. The SMILES string of the molecule is CCCCC(=O)[O-].CCCCC(=O)[O-].[Mn+2]. The van der Waals surface area contributed by atoms with Crippen LogP contribution in [-0.2, 0) is 26.7 Å². The molecule has 0 bridgehead atoms. The number of rotatable bonds is 6. The minimum Gasteiger partial charge on any atom is -0.550 e. The Labute approximate surface area is 102 Å². The molecule has 15 heavy (non-hydrogen) atoms. The van der Waals surface area contributed by atoms with Crippen LogP contribution in [0.1, 0.15) is 52.4 Å². The summed E-state index contributed by atoms with van der Waals surface area (Å²) >= 11 is 0. The van der Waals surface area contributed by atoms with Gasteiger partial charge in [0.05, 0.1) is 0 Å². The maximum absolute atomic E-state index is 9.65. The fourth-order valence-corrected chi connectivity index (χ4v) is 0.642. The van der Waals surface area contributed by atoms with Crippen LogP contribution in [0.4, 0.5) is 0 Å². The maximum Gasteiger partial charge on any atom is 2.00 e. The number of carboxylic acid groups (broad SMARTS) is 2.